The fourth-order valence-electron chi connectivity index (χ4n) is 2.54. The molecule has 0 radical (unpaired) electrons. The highest BCUT2D eigenvalue weighted by atomic mass is 32.2. The third kappa shape index (κ3) is 4.31. The summed E-state index contributed by atoms with van der Waals surface area (Å²) in [5, 5.41) is 0.275. The molecule has 0 saturated carbocycles. The summed E-state index contributed by atoms with van der Waals surface area (Å²) < 4.78 is 23.8. The van der Waals surface area contributed by atoms with Crippen LogP contribution in [0.1, 0.15) is 41.5 Å². The smallest absolute Gasteiger partial charge is 0.303 e. The lowest BCUT2D eigenvalue weighted by Gasteiger charge is -2.37. The molecule has 2 rings (SSSR count). The van der Waals surface area contributed by atoms with E-state index in [1.807, 2.05) is 13.8 Å². The first-order valence-electron chi connectivity index (χ1n) is 8.15. The number of hydrogen-bond acceptors (Lipinski definition) is 6. The molecule has 0 aromatic rings. The van der Waals surface area contributed by atoms with Crippen LogP contribution in [-0.2, 0) is 23.4 Å². The fraction of sp³-hybridized carbons (Fsp3) is 0.938. The summed E-state index contributed by atoms with van der Waals surface area (Å²) in [6.07, 6.45) is -0.337. The van der Waals surface area contributed by atoms with Gasteiger partial charge in [-0.3, -0.25) is 4.79 Å². The molecule has 0 aromatic heterocycles. The van der Waals surface area contributed by atoms with Gasteiger partial charge in [-0.2, -0.15) is 0 Å². The van der Waals surface area contributed by atoms with Crippen molar-refractivity contribution in [3.05, 3.63) is 0 Å². The van der Waals surface area contributed by atoms with Crippen LogP contribution in [0.25, 0.3) is 0 Å². The highest BCUT2D eigenvalue weighted by Crippen LogP contribution is 2.47. The maximum Gasteiger partial charge on any atom is 0.303 e. The summed E-state index contributed by atoms with van der Waals surface area (Å²) in [6, 6.07) is 0. The molecule has 2 aliphatic rings. The highest BCUT2D eigenvalue weighted by molar-refractivity contribution is 8.00. The zero-order chi connectivity index (χ0) is 17.6. The van der Waals surface area contributed by atoms with Gasteiger partial charge < -0.3 is 18.6 Å². The lowest BCUT2D eigenvalue weighted by molar-refractivity contribution is -0.163. The third-order valence-corrected chi connectivity index (χ3v) is 10.7. The summed E-state index contributed by atoms with van der Waals surface area (Å²) in [5.41, 5.74) is -0.327. The van der Waals surface area contributed by atoms with Gasteiger partial charge in [0.05, 0.1) is 5.25 Å². The van der Waals surface area contributed by atoms with Crippen molar-refractivity contribution in [3.8, 4) is 0 Å². The van der Waals surface area contributed by atoms with Gasteiger partial charge in [0.25, 0.3) is 0 Å². The summed E-state index contributed by atoms with van der Waals surface area (Å²) >= 11 is 1.59. The Balaban J connectivity index is 2.06. The molecule has 0 amide bonds. The minimum atomic E-state index is -1.82. The standard InChI is InChI=1S/C16H30O5SSi/c1-10(17)19-14-13-12(20-16(5,6)21-13)11(22-14)9-18-23(7,8)15(2,3)4/h11-14H,9H2,1-8H3/t11-,12+,13+,14?/m0/s1. The predicted octanol–water partition coefficient (Wildman–Crippen LogP) is 3.53. The van der Waals surface area contributed by atoms with E-state index < -0.39 is 14.1 Å². The maximum atomic E-state index is 11.3. The molecular weight excluding hydrogens is 332 g/mol. The van der Waals surface area contributed by atoms with Crippen LogP contribution in [0.3, 0.4) is 0 Å². The van der Waals surface area contributed by atoms with Crippen molar-refractivity contribution in [2.24, 2.45) is 0 Å². The number of hydrogen-bond donors (Lipinski definition) is 0. The molecule has 0 aromatic carbocycles. The highest BCUT2D eigenvalue weighted by Gasteiger charge is 2.56. The van der Waals surface area contributed by atoms with Crippen molar-refractivity contribution >= 4 is 26.0 Å². The van der Waals surface area contributed by atoms with Crippen LogP contribution >= 0.6 is 11.8 Å². The second kappa shape index (κ2) is 6.33. The summed E-state index contributed by atoms with van der Waals surface area (Å²) in [4.78, 5) is 11.3. The van der Waals surface area contributed by atoms with E-state index in [2.05, 4.69) is 33.9 Å². The first-order valence-corrected chi connectivity index (χ1v) is 12.0. The zero-order valence-corrected chi connectivity index (χ0v) is 17.3. The molecule has 4 atom stereocenters. The van der Waals surface area contributed by atoms with E-state index in [0.717, 1.165) is 0 Å². The third-order valence-electron chi connectivity index (χ3n) is 4.80. The van der Waals surface area contributed by atoms with E-state index in [9.17, 15) is 4.79 Å². The number of thioether (sulfide) groups is 1. The Kier molecular flexibility index (Phi) is 5.30. The number of ether oxygens (including phenoxy) is 3. The van der Waals surface area contributed by atoms with Crippen molar-refractivity contribution in [1.82, 2.24) is 0 Å². The van der Waals surface area contributed by atoms with Crippen LogP contribution in [0.2, 0.25) is 18.1 Å². The van der Waals surface area contributed by atoms with Gasteiger partial charge in [0, 0.05) is 13.5 Å². The zero-order valence-electron chi connectivity index (χ0n) is 15.5. The summed E-state index contributed by atoms with van der Waals surface area (Å²) in [6.45, 7) is 17.0. The van der Waals surface area contributed by atoms with E-state index in [1.165, 1.54) is 6.92 Å². The van der Waals surface area contributed by atoms with E-state index in [0.29, 0.717) is 6.61 Å². The van der Waals surface area contributed by atoms with Crippen molar-refractivity contribution < 1.29 is 23.4 Å². The van der Waals surface area contributed by atoms with Gasteiger partial charge in [-0.25, -0.2) is 0 Å². The number of carbonyl (C=O) groups is 1. The normalized spacial score (nSPS) is 33.6. The molecular formula is C16H30O5SSi. The Morgan fingerprint density at radius 3 is 2.30 bits per heavy atom. The average molecular weight is 363 g/mol. The lowest BCUT2D eigenvalue weighted by atomic mass is 10.1. The van der Waals surface area contributed by atoms with Crippen LogP contribution in [0.5, 0.6) is 0 Å². The first kappa shape index (κ1) is 19.2. The molecule has 2 saturated heterocycles. The Bertz CT molecular complexity index is 460. The molecule has 2 heterocycles. The van der Waals surface area contributed by atoms with Gasteiger partial charge in [-0.15, -0.1) is 11.8 Å². The largest absolute Gasteiger partial charge is 0.449 e. The van der Waals surface area contributed by atoms with Crippen LogP contribution in [0, 0.1) is 0 Å². The molecule has 2 fully saturated rings. The minimum Gasteiger partial charge on any atom is -0.449 e. The van der Waals surface area contributed by atoms with Crippen molar-refractivity contribution in [3.63, 3.8) is 0 Å². The van der Waals surface area contributed by atoms with E-state index in [-0.39, 0.29) is 33.9 Å². The second-order valence-electron chi connectivity index (χ2n) is 8.29. The van der Waals surface area contributed by atoms with Gasteiger partial charge in [0.2, 0.25) is 0 Å². The van der Waals surface area contributed by atoms with Gasteiger partial charge in [0.1, 0.15) is 12.2 Å². The quantitative estimate of drug-likeness (QED) is 0.563. The fourth-order valence-corrected chi connectivity index (χ4v) is 5.10. The van der Waals surface area contributed by atoms with Crippen LogP contribution in [-0.4, -0.2) is 49.6 Å². The SMILES string of the molecule is CC(=O)OC1S[C@@H](CO[Si](C)(C)C(C)(C)C)[C@H]2OC(C)(C)O[C@@H]12. The maximum absolute atomic E-state index is 11.3. The van der Waals surface area contributed by atoms with Crippen molar-refractivity contribution in [2.75, 3.05) is 6.61 Å². The lowest BCUT2D eigenvalue weighted by Crippen LogP contribution is -2.43. The molecule has 134 valence electrons. The van der Waals surface area contributed by atoms with Gasteiger partial charge in [0.15, 0.2) is 19.5 Å². The van der Waals surface area contributed by atoms with Crippen LogP contribution < -0.4 is 0 Å². The molecule has 0 bridgehead atoms. The molecule has 0 spiro atoms. The minimum absolute atomic E-state index is 0.107. The topological polar surface area (TPSA) is 54.0 Å². The molecule has 0 aliphatic carbocycles. The first-order chi connectivity index (χ1) is 10.3. The Labute approximate surface area is 144 Å². The predicted molar refractivity (Wildman–Crippen MR) is 93.9 cm³/mol. The summed E-state index contributed by atoms with van der Waals surface area (Å²) in [7, 11) is -1.82. The summed E-state index contributed by atoms with van der Waals surface area (Å²) in [5.74, 6) is -0.940. The Morgan fingerprint density at radius 2 is 1.78 bits per heavy atom. The Hall–Kier alpha value is -0.0831. The van der Waals surface area contributed by atoms with Gasteiger partial charge in [-0.1, -0.05) is 20.8 Å². The van der Waals surface area contributed by atoms with Crippen LogP contribution in [0.15, 0.2) is 0 Å². The number of carbonyl (C=O) groups excluding carboxylic acids is 1. The van der Waals surface area contributed by atoms with E-state index in [1.54, 1.807) is 11.8 Å². The van der Waals surface area contributed by atoms with E-state index >= 15 is 0 Å². The van der Waals surface area contributed by atoms with Crippen molar-refractivity contribution in [1.29, 1.82) is 0 Å². The van der Waals surface area contributed by atoms with Crippen molar-refractivity contribution in [2.45, 2.75) is 88.4 Å². The number of rotatable bonds is 4. The molecule has 23 heavy (non-hydrogen) atoms. The Morgan fingerprint density at radius 1 is 1.22 bits per heavy atom. The molecule has 5 nitrogen and oxygen atoms in total. The van der Waals surface area contributed by atoms with Gasteiger partial charge >= 0.3 is 5.97 Å². The molecule has 0 N–H and O–H groups in total. The second-order valence-corrected chi connectivity index (χ2v) is 14.4. The number of esters is 1. The molecule has 1 unspecified atom stereocenters. The monoisotopic (exact) mass is 362 g/mol. The van der Waals surface area contributed by atoms with Crippen LogP contribution in [0.4, 0.5) is 0 Å². The molecule has 2 aliphatic heterocycles. The number of fused-ring (bicyclic) bond motifs is 1. The molecule has 7 heteroatoms. The van der Waals surface area contributed by atoms with E-state index in [4.69, 9.17) is 18.6 Å². The average Bonchev–Trinajstić information content (AvgIpc) is 2.80. The van der Waals surface area contributed by atoms with Gasteiger partial charge in [-0.05, 0) is 32.0 Å².